The van der Waals surface area contributed by atoms with Crippen LogP contribution in [0.2, 0.25) is 5.02 Å². The second-order valence-electron chi connectivity index (χ2n) is 4.28. The Morgan fingerprint density at radius 1 is 1.16 bits per heavy atom. The largest absolute Gasteiger partial charge is 0.479 e. The lowest BCUT2D eigenvalue weighted by molar-refractivity contribution is -0.138. The molecule has 3 nitrogen and oxygen atoms in total. The van der Waals surface area contributed by atoms with Crippen LogP contribution < -0.4 is 5.32 Å². The van der Waals surface area contributed by atoms with E-state index in [2.05, 4.69) is 5.32 Å². The van der Waals surface area contributed by atoms with Crippen LogP contribution in [0.25, 0.3) is 0 Å². The summed E-state index contributed by atoms with van der Waals surface area (Å²) in [7, 11) is 0. The lowest BCUT2D eigenvalue weighted by Gasteiger charge is -2.17. The number of carboxylic acids is 1. The van der Waals surface area contributed by atoms with Gasteiger partial charge in [-0.15, -0.1) is 0 Å². The number of rotatable bonds is 4. The van der Waals surface area contributed by atoms with Crippen molar-refractivity contribution in [3.05, 3.63) is 64.7 Å². The quantitative estimate of drug-likeness (QED) is 0.890. The van der Waals surface area contributed by atoms with Gasteiger partial charge in [0.1, 0.15) is 0 Å². The SMILES string of the molecule is Cc1ccccc1N[C@H](C(=O)O)c1ccc(Cl)cc1. The molecule has 0 amide bonds. The van der Waals surface area contributed by atoms with Gasteiger partial charge in [-0.2, -0.15) is 0 Å². The topological polar surface area (TPSA) is 49.3 Å². The van der Waals surface area contributed by atoms with Gasteiger partial charge in [-0.05, 0) is 36.2 Å². The molecule has 98 valence electrons. The van der Waals surface area contributed by atoms with Crippen molar-refractivity contribution >= 4 is 23.3 Å². The summed E-state index contributed by atoms with van der Waals surface area (Å²) >= 11 is 5.81. The first-order valence-electron chi connectivity index (χ1n) is 5.88. The predicted octanol–water partition coefficient (Wildman–Crippen LogP) is 3.89. The highest BCUT2D eigenvalue weighted by atomic mass is 35.5. The summed E-state index contributed by atoms with van der Waals surface area (Å²) in [6.45, 7) is 1.93. The molecule has 0 aliphatic rings. The third-order valence-corrected chi connectivity index (χ3v) is 3.15. The van der Waals surface area contributed by atoms with Crippen molar-refractivity contribution in [2.45, 2.75) is 13.0 Å². The maximum absolute atomic E-state index is 11.4. The minimum atomic E-state index is -0.925. The molecule has 0 saturated carbocycles. The molecule has 0 unspecified atom stereocenters. The predicted molar refractivity (Wildman–Crippen MR) is 76.6 cm³/mol. The highest BCUT2D eigenvalue weighted by Gasteiger charge is 2.19. The average molecular weight is 276 g/mol. The first kappa shape index (κ1) is 13.4. The number of halogens is 1. The van der Waals surface area contributed by atoms with E-state index < -0.39 is 12.0 Å². The molecule has 0 aromatic heterocycles. The molecule has 2 rings (SSSR count). The number of carbonyl (C=O) groups is 1. The Balaban J connectivity index is 2.29. The first-order valence-corrected chi connectivity index (χ1v) is 6.26. The summed E-state index contributed by atoms with van der Waals surface area (Å²) in [5, 5.41) is 13.0. The molecular formula is C15H14ClNO2. The van der Waals surface area contributed by atoms with Crippen molar-refractivity contribution in [2.75, 3.05) is 5.32 Å². The van der Waals surface area contributed by atoms with Crippen LogP contribution in [0.5, 0.6) is 0 Å². The van der Waals surface area contributed by atoms with Crippen LogP contribution in [0.15, 0.2) is 48.5 Å². The van der Waals surface area contributed by atoms with E-state index in [4.69, 9.17) is 11.6 Å². The van der Waals surface area contributed by atoms with Crippen molar-refractivity contribution in [1.82, 2.24) is 0 Å². The van der Waals surface area contributed by atoms with E-state index in [-0.39, 0.29) is 0 Å². The van der Waals surface area contributed by atoms with Crippen molar-refractivity contribution in [3.8, 4) is 0 Å². The fourth-order valence-corrected chi connectivity index (χ4v) is 1.96. The Morgan fingerprint density at radius 2 is 1.79 bits per heavy atom. The molecule has 1 atom stereocenters. The Bertz CT molecular complexity index is 581. The summed E-state index contributed by atoms with van der Waals surface area (Å²) in [5.74, 6) is -0.925. The number of hydrogen-bond acceptors (Lipinski definition) is 2. The van der Waals surface area contributed by atoms with Gasteiger partial charge in [-0.1, -0.05) is 41.9 Å². The summed E-state index contributed by atoms with van der Waals surface area (Å²) in [6, 6.07) is 13.6. The van der Waals surface area contributed by atoms with Crippen LogP contribution in [-0.4, -0.2) is 11.1 Å². The third-order valence-electron chi connectivity index (χ3n) is 2.90. The number of para-hydroxylation sites is 1. The number of aliphatic carboxylic acids is 1. The molecule has 0 aliphatic heterocycles. The van der Waals surface area contributed by atoms with E-state index in [0.29, 0.717) is 10.6 Å². The van der Waals surface area contributed by atoms with Gasteiger partial charge in [0, 0.05) is 10.7 Å². The fraction of sp³-hybridized carbons (Fsp3) is 0.133. The van der Waals surface area contributed by atoms with Crippen molar-refractivity contribution in [2.24, 2.45) is 0 Å². The highest BCUT2D eigenvalue weighted by molar-refractivity contribution is 6.30. The maximum Gasteiger partial charge on any atom is 0.330 e. The molecule has 0 saturated heterocycles. The molecule has 2 N–H and O–H groups in total. The second kappa shape index (κ2) is 5.76. The van der Waals surface area contributed by atoms with Gasteiger partial charge in [0.2, 0.25) is 0 Å². The maximum atomic E-state index is 11.4. The number of aryl methyl sites for hydroxylation is 1. The first-order chi connectivity index (χ1) is 9.08. The molecular weight excluding hydrogens is 262 g/mol. The van der Waals surface area contributed by atoms with E-state index in [9.17, 15) is 9.90 Å². The van der Waals surface area contributed by atoms with Crippen LogP contribution >= 0.6 is 11.6 Å². The van der Waals surface area contributed by atoms with E-state index in [0.717, 1.165) is 11.3 Å². The molecule has 4 heteroatoms. The zero-order chi connectivity index (χ0) is 13.8. The van der Waals surface area contributed by atoms with Crippen molar-refractivity contribution in [3.63, 3.8) is 0 Å². The van der Waals surface area contributed by atoms with E-state index >= 15 is 0 Å². The third kappa shape index (κ3) is 3.26. The zero-order valence-corrected chi connectivity index (χ0v) is 11.2. The normalized spacial score (nSPS) is 11.9. The van der Waals surface area contributed by atoms with Crippen LogP contribution in [0, 0.1) is 6.92 Å². The van der Waals surface area contributed by atoms with E-state index in [1.807, 2.05) is 31.2 Å². The number of anilines is 1. The molecule has 0 aliphatic carbocycles. The number of carboxylic acid groups (broad SMARTS) is 1. The van der Waals surface area contributed by atoms with E-state index in [1.54, 1.807) is 24.3 Å². The smallest absolute Gasteiger partial charge is 0.330 e. The minimum absolute atomic E-state index is 0.587. The second-order valence-corrected chi connectivity index (χ2v) is 4.72. The minimum Gasteiger partial charge on any atom is -0.479 e. The number of nitrogens with one attached hydrogen (secondary N) is 1. The van der Waals surface area contributed by atoms with Gasteiger partial charge in [0.05, 0.1) is 0 Å². The van der Waals surface area contributed by atoms with Gasteiger partial charge in [0.15, 0.2) is 6.04 Å². The van der Waals surface area contributed by atoms with E-state index in [1.165, 1.54) is 0 Å². The molecule has 0 heterocycles. The highest BCUT2D eigenvalue weighted by Crippen LogP contribution is 2.23. The molecule has 0 spiro atoms. The Hall–Kier alpha value is -2.00. The summed E-state index contributed by atoms with van der Waals surface area (Å²) in [6.07, 6.45) is 0. The molecule has 0 radical (unpaired) electrons. The van der Waals surface area contributed by atoms with Gasteiger partial charge >= 0.3 is 5.97 Å². The number of benzene rings is 2. The van der Waals surface area contributed by atoms with Crippen LogP contribution in [-0.2, 0) is 4.79 Å². The average Bonchev–Trinajstić information content (AvgIpc) is 2.39. The molecule has 2 aromatic rings. The van der Waals surface area contributed by atoms with Gasteiger partial charge in [-0.3, -0.25) is 0 Å². The van der Waals surface area contributed by atoms with Gasteiger partial charge in [0.25, 0.3) is 0 Å². The number of hydrogen-bond donors (Lipinski definition) is 2. The summed E-state index contributed by atoms with van der Waals surface area (Å²) in [5.41, 5.74) is 2.48. The monoisotopic (exact) mass is 275 g/mol. The Morgan fingerprint density at radius 3 is 2.37 bits per heavy atom. The standard InChI is InChI=1S/C15H14ClNO2/c1-10-4-2-3-5-13(10)17-14(15(18)19)11-6-8-12(16)9-7-11/h2-9,14,17H,1H3,(H,18,19)/t14-/m0/s1. The lowest BCUT2D eigenvalue weighted by Crippen LogP contribution is -2.20. The van der Waals surface area contributed by atoms with Crippen molar-refractivity contribution in [1.29, 1.82) is 0 Å². The molecule has 19 heavy (non-hydrogen) atoms. The molecule has 0 fully saturated rings. The Kier molecular flexibility index (Phi) is 4.07. The van der Waals surface area contributed by atoms with Crippen molar-refractivity contribution < 1.29 is 9.90 Å². The van der Waals surface area contributed by atoms with Gasteiger partial charge < -0.3 is 10.4 Å². The fourth-order valence-electron chi connectivity index (χ4n) is 1.83. The van der Waals surface area contributed by atoms with Crippen LogP contribution in [0.1, 0.15) is 17.2 Å². The Labute approximate surface area is 116 Å². The van der Waals surface area contributed by atoms with Crippen LogP contribution in [0.4, 0.5) is 5.69 Å². The zero-order valence-electron chi connectivity index (χ0n) is 10.4. The molecule has 2 aromatic carbocycles. The van der Waals surface area contributed by atoms with Gasteiger partial charge in [-0.25, -0.2) is 4.79 Å². The molecule has 0 bridgehead atoms. The summed E-state index contributed by atoms with van der Waals surface area (Å²) < 4.78 is 0. The lowest BCUT2D eigenvalue weighted by atomic mass is 10.1. The summed E-state index contributed by atoms with van der Waals surface area (Å²) in [4.78, 5) is 11.4. The van der Waals surface area contributed by atoms with Crippen LogP contribution in [0.3, 0.4) is 0 Å².